The molecule has 0 N–H and O–H groups in total. The van der Waals surface area contributed by atoms with Crippen molar-refractivity contribution in [1.82, 2.24) is 9.78 Å². The zero-order chi connectivity index (χ0) is 23.6. The Balaban J connectivity index is 1.81. The number of nitrogens with zero attached hydrogens (tertiary/aromatic N) is 2. The molecule has 0 amide bonds. The van der Waals surface area contributed by atoms with Gasteiger partial charge < -0.3 is 4.74 Å². The number of carbonyl (C=O) groups is 1. The topological polar surface area (TPSA) is 78.3 Å². The van der Waals surface area contributed by atoms with Crippen molar-refractivity contribution in [1.29, 1.82) is 0 Å². The third-order valence-electron chi connectivity index (χ3n) is 5.04. The molecule has 0 fully saturated rings. The van der Waals surface area contributed by atoms with Crippen molar-refractivity contribution >= 4 is 27.0 Å². The normalized spacial score (nSPS) is 11.5. The van der Waals surface area contributed by atoms with E-state index in [1.807, 2.05) is 12.3 Å². The van der Waals surface area contributed by atoms with E-state index in [1.165, 1.54) is 35.6 Å². The number of carbonyl (C=O) groups excluding carboxylic acids is 1. The highest BCUT2D eigenvalue weighted by atomic mass is 32.2. The van der Waals surface area contributed by atoms with Gasteiger partial charge in [-0.05, 0) is 48.2 Å². The van der Waals surface area contributed by atoms with Gasteiger partial charge in [-0.3, -0.25) is 9.48 Å². The Labute approximate surface area is 195 Å². The molecule has 4 rings (SSSR count). The summed E-state index contributed by atoms with van der Waals surface area (Å²) >= 11 is 1.34. The lowest BCUT2D eigenvalue weighted by molar-refractivity contribution is 0.0922. The molecule has 2 aromatic heterocycles. The molecule has 0 radical (unpaired) electrons. The summed E-state index contributed by atoms with van der Waals surface area (Å²) in [7, 11) is -3.34. The maximum Gasteiger partial charge on any atom is 0.241 e. The fourth-order valence-electron chi connectivity index (χ4n) is 3.44. The van der Waals surface area contributed by atoms with Crippen LogP contribution in [-0.2, 0) is 16.4 Å². The summed E-state index contributed by atoms with van der Waals surface area (Å²) in [5.41, 5.74) is 2.66. The van der Waals surface area contributed by atoms with Gasteiger partial charge in [0, 0.05) is 18.4 Å². The van der Waals surface area contributed by atoms with E-state index in [4.69, 9.17) is 4.74 Å². The van der Waals surface area contributed by atoms with Crippen LogP contribution in [0.3, 0.4) is 0 Å². The second-order valence-electron chi connectivity index (χ2n) is 7.34. The van der Waals surface area contributed by atoms with Crippen molar-refractivity contribution < 1.29 is 22.3 Å². The van der Waals surface area contributed by atoms with Gasteiger partial charge in [0.2, 0.25) is 11.7 Å². The molecular weight excluding hydrogens is 463 g/mol. The first-order valence-electron chi connectivity index (χ1n) is 10.1. The number of rotatable bonds is 8. The maximum absolute atomic E-state index is 13.6. The van der Waals surface area contributed by atoms with Crippen LogP contribution in [0.15, 0.2) is 70.9 Å². The minimum Gasteiger partial charge on any atom is -0.468 e. The largest absolute Gasteiger partial charge is 0.468 e. The first-order chi connectivity index (χ1) is 15.8. The van der Waals surface area contributed by atoms with Gasteiger partial charge in [-0.15, -0.1) is 16.4 Å². The maximum atomic E-state index is 13.6. The number of Topliss-reactive ketones (excluding diaryl/α,β-unsaturated/α-hetero) is 1. The van der Waals surface area contributed by atoms with Gasteiger partial charge >= 0.3 is 0 Å². The van der Waals surface area contributed by atoms with Crippen molar-refractivity contribution in [3.05, 3.63) is 76.7 Å². The number of thiophene rings is 1. The Bertz CT molecular complexity index is 1380. The molecule has 6 nitrogen and oxygen atoms in total. The van der Waals surface area contributed by atoms with E-state index in [1.54, 1.807) is 41.1 Å². The molecule has 0 spiro atoms. The highest BCUT2D eigenvalue weighted by Gasteiger charge is 2.23. The average molecular weight is 485 g/mol. The standard InChI is InChI=1S/C24H21FN2O4S2/c1-3-27-23(17-8-12-19(13-9-17)33(2,29)30)22(16-6-10-18(25)11-7-16)24(26-27)31-15-20(28)21-5-4-14-32-21/h4-14H,3,15H2,1-2H3. The molecule has 0 unspecified atom stereocenters. The van der Waals surface area contributed by atoms with Crippen LogP contribution in [-0.4, -0.2) is 36.8 Å². The van der Waals surface area contributed by atoms with Crippen LogP contribution >= 0.6 is 11.3 Å². The number of aromatic nitrogens is 2. The number of aryl methyl sites for hydroxylation is 1. The van der Waals surface area contributed by atoms with Gasteiger partial charge in [0.05, 0.1) is 21.0 Å². The van der Waals surface area contributed by atoms with Crippen LogP contribution in [0.25, 0.3) is 22.4 Å². The molecule has 0 aliphatic carbocycles. The van der Waals surface area contributed by atoms with E-state index in [9.17, 15) is 17.6 Å². The van der Waals surface area contributed by atoms with Crippen LogP contribution in [0.4, 0.5) is 4.39 Å². The second kappa shape index (κ2) is 9.29. The number of sulfone groups is 1. The second-order valence-corrected chi connectivity index (χ2v) is 10.3. The summed E-state index contributed by atoms with van der Waals surface area (Å²) < 4.78 is 44.9. The van der Waals surface area contributed by atoms with Gasteiger partial charge in [-0.2, -0.15) is 0 Å². The number of ketones is 1. The average Bonchev–Trinajstić information content (AvgIpc) is 3.46. The first kappa shape index (κ1) is 22.9. The summed E-state index contributed by atoms with van der Waals surface area (Å²) in [6.07, 6.45) is 1.15. The van der Waals surface area contributed by atoms with E-state index >= 15 is 0 Å². The summed E-state index contributed by atoms with van der Waals surface area (Å²) in [5.74, 6) is -0.299. The molecule has 9 heteroatoms. The summed E-state index contributed by atoms with van der Waals surface area (Å²) in [4.78, 5) is 13.3. The molecule has 0 saturated heterocycles. The van der Waals surface area contributed by atoms with Gasteiger partial charge in [0.1, 0.15) is 5.82 Å². The Morgan fingerprint density at radius 1 is 1.06 bits per heavy atom. The lowest BCUT2D eigenvalue weighted by Crippen LogP contribution is -2.11. The SMILES string of the molecule is CCn1nc(OCC(=O)c2cccs2)c(-c2ccc(F)cc2)c1-c1ccc(S(C)(=O)=O)cc1. The smallest absolute Gasteiger partial charge is 0.241 e. The predicted octanol–water partition coefficient (Wildman–Crippen LogP) is 5.10. The molecule has 0 aliphatic rings. The minimum atomic E-state index is -3.34. The van der Waals surface area contributed by atoms with Gasteiger partial charge in [-0.1, -0.05) is 30.3 Å². The number of ether oxygens (including phenoxy) is 1. The highest BCUT2D eigenvalue weighted by Crippen LogP contribution is 2.39. The quantitative estimate of drug-likeness (QED) is 0.325. The van der Waals surface area contributed by atoms with Gasteiger partial charge in [0.15, 0.2) is 16.4 Å². The monoisotopic (exact) mass is 484 g/mol. The predicted molar refractivity (Wildman–Crippen MR) is 126 cm³/mol. The Hall–Kier alpha value is -3.30. The first-order valence-corrected chi connectivity index (χ1v) is 12.9. The van der Waals surface area contributed by atoms with Crippen LogP contribution in [0.2, 0.25) is 0 Å². The van der Waals surface area contributed by atoms with Crippen molar-refractivity contribution in [2.75, 3.05) is 12.9 Å². The summed E-state index contributed by atoms with van der Waals surface area (Å²) in [6, 6.07) is 15.9. The number of hydrogen-bond donors (Lipinski definition) is 0. The van der Waals surface area contributed by atoms with Crippen molar-refractivity contribution in [2.24, 2.45) is 0 Å². The van der Waals surface area contributed by atoms with Crippen molar-refractivity contribution in [3.63, 3.8) is 0 Å². The lowest BCUT2D eigenvalue weighted by Gasteiger charge is -2.10. The summed E-state index contributed by atoms with van der Waals surface area (Å²) in [5, 5.41) is 6.38. The summed E-state index contributed by atoms with van der Waals surface area (Å²) in [6.45, 7) is 2.22. The lowest BCUT2D eigenvalue weighted by atomic mass is 10.0. The minimum absolute atomic E-state index is 0.167. The molecule has 33 heavy (non-hydrogen) atoms. The molecule has 0 bridgehead atoms. The Morgan fingerprint density at radius 2 is 1.73 bits per heavy atom. The number of hydrogen-bond acceptors (Lipinski definition) is 6. The number of halogens is 1. The molecule has 0 aliphatic heterocycles. The molecular formula is C24H21FN2O4S2. The molecule has 0 saturated carbocycles. The van der Waals surface area contributed by atoms with Crippen molar-refractivity contribution in [2.45, 2.75) is 18.4 Å². The zero-order valence-electron chi connectivity index (χ0n) is 18.0. The molecule has 4 aromatic rings. The van der Waals surface area contributed by atoms with Crippen molar-refractivity contribution in [3.8, 4) is 28.3 Å². The van der Waals surface area contributed by atoms with Crippen LogP contribution in [0.1, 0.15) is 16.6 Å². The molecule has 2 aromatic carbocycles. The Morgan fingerprint density at radius 3 is 2.30 bits per heavy atom. The van der Waals surface area contributed by atoms with Crippen LogP contribution < -0.4 is 4.74 Å². The molecule has 170 valence electrons. The van der Waals surface area contributed by atoms with Gasteiger partial charge in [0.25, 0.3) is 0 Å². The van der Waals surface area contributed by atoms with E-state index in [-0.39, 0.29) is 29.0 Å². The highest BCUT2D eigenvalue weighted by molar-refractivity contribution is 7.90. The number of benzene rings is 2. The molecule has 0 atom stereocenters. The fraction of sp³-hybridized carbons (Fsp3) is 0.167. The van der Waals surface area contributed by atoms with Crippen LogP contribution in [0, 0.1) is 5.82 Å². The molecule has 2 heterocycles. The fourth-order valence-corrected chi connectivity index (χ4v) is 4.72. The van der Waals surface area contributed by atoms with E-state index < -0.39 is 9.84 Å². The van der Waals surface area contributed by atoms with E-state index in [0.717, 1.165) is 11.8 Å². The Kier molecular flexibility index (Phi) is 6.44. The van der Waals surface area contributed by atoms with Gasteiger partial charge in [-0.25, -0.2) is 12.8 Å². The van der Waals surface area contributed by atoms with E-state index in [2.05, 4.69) is 5.10 Å². The third-order valence-corrected chi connectivity index (χ3v) is 7.08. The van der Waals surface area contributed by atoms with E-state index in [0.29, 0.717) is 28.2 Å². The zero-order valence-corrected chi connectivity index (χ0v) is 19.6. The van der Waals surface area contributed by atoms with Crippen LogP contribution in [0.5, 0.6) is 5.88 Å². The third kappa shape index (κ3) is 4.89.